The van der Waals surface area contributed by atoms with E-state index in [0.717, 1.165) is 36.5 Å². The van der Waals surface area contributed by atoms with Gasteiger partial charge in [-0.05, 0) is 57.9 Å². The lowest BCUT2D eigenvalue weighted by Gasteiger charge is -2.32. The third-order valence-electron chi connectivity index (χ3n) is 4.65. The zero-order valence-corrected chi connectivity index (χ0v) is 15.5. The van der Waals surface area contributed by atoms with E-state index in [0.29, 0.717) is 31.8 Å². The largest absolute Gasteiger partial charge is 0.378 e. The van der Waals surface area contributed by atoms with E-state index in [2.05, 4.69) is 10.1 Å². The number of pyridine rings is 1. The fraction of sp³-hybridized carbons (Fsp3) is 0.526. The van der Waals surface area contributed by atoms with Crippen molar-refractivity contribution in [2.45, 2.75) is 39.2 Å². The number of rotatable bonds is 6. The van der Waals surface area contributed by atoms with Crippen molar-refractivity contribution in [3.05, 3.63) is 41.3 Å². The van der Waals surface area contributed by atoms with Crippen molar-refractivity contribution in [3.8, 4) is 5.82 Å². The predicted molar refractivity (Wildman–Crippen MR) is 99.4 cm³/mol. The summed E-state index contributed by atoms with van der Waals surface area (Å²) in [7, 11) is 0. The molecule has 2 N–H and O–H groups in total. The second-order valence-electron chi connectivity index (χ2n) is 6.75. The number of nitrogens with zero attached hydrogens (tertiary/aromatic N) is 4. The highest BCUT2D eigenvalue weighted by Gasteiger charge is 2.24. The normalized spacial score (nSPS) is 15.4. The first-order chi connectivity index (χ1) is 12.6. The minimum absolute atomic E-state index is 0.0258. The number of ether oxygens (including phenoxy) is 1. The van der Waals surface area contributed by atoms with Gasteiger partial charge in [-0.1, -0.05) is 0 Å². The molecule has 0 aliphatic carbocycles. The summed E-state index contributed by atoms with van der Waals surface area (Å²) in [4.78, 5) is 19.0. The van der Waals surface area contributed by atoms with Gasteiger partial charge in [0.15, 0.2) is 5.82 Å². The molecule has 26 heavy (non-hydrogen) atoms. The number of amides is 1. The fourth-order valence-electron chi connectivity index (χ4n) is 3.24. The zero-order chi connectivity index (χ0) is 18.5. The van der Waals surface area contributed by atoms with Crippen molar-refractivity contribution < 1.29 is 9.53 Å². The van der Waals surface area contributed by atoms with Crippen LogP contribution in [0.4, 0.5) is 0 Å². The highest BCUT2D eigenvalue weighted by molar-refractivity contribution is 5.94. The SMILES string of the molecule is Cc1cc(C)n(-c2ccc(C(=O)N3CCC(OCCCN)CC3)cn2)n1. The van der Waals surface area contributed by atoms with Crippen molar-refractivity contribution in [2.75, 3.05) is 26.2 Å². The topological polar surface area (TPSA) is 86.3 Å². The molecule has 0 unspecified atom stereocenters. The van der Waals surface area contributed by atoms with Gasteiger partial charge in [-0.3, -0.25) is 4.79 Å². The maximum atomic E-state index is 12.7. The average molecular weight is 357 g/mol. The highest BCUT2D eigenvalue weighted by Crippen LogP contribution is 2.17. The Balaban J connectivity index is 1.58. The maximum absolute atomic E-state index is 12.7. The van der Waals surface area contributed by atoms with E-state index in [9.17, 15) is 4.79 Å². The van der Waals surface area contributed by atoms with Crippen molar-refractivity contribution in [1.82, 2.24) is 19.7 Å². The Morgan fingerprint density at radius 2 is 2.08 bits per heavy atom. The Labute approximate surface area is 154 Å². The number of piperidine rings is 1. The molecule has 0 atom stereocenters. The molecule has 7 nitrogen and oxygen atoms in total. The standard InChI is InChI=1S/C19H27N5O2/c1-14-12-15(2)24(22-14)18-5-4-16(13-21-18)19(25)23-9-6-17(7-10-23)26-11-3-8-20/h4-5,12-13,17H,3,6-11,20H2,1-2H3. The van der Waals surface area contributed by atoms with E-state index in [1.165, 1.54) is 0 Å². The van der Waals surface area contributed by atoms with Crippen LogP contribution in [0.3, 0.4) is 0 Å². The molecule has 0 radical (unpaired) electrons. The van der Waals surface area contributed by atoms with E-state index in [-0.39, 0.29) is 12.0 Å². The van der Waals surface area contributed by atoms with E-state index in [1.54, 1.807) is 10.9 Å². The molecular weight excluding hydrogens is 330 g/mol. The summed E-state index contributed by atoms with van der Waals surface area (Å²) in [6, 6.07) is 5.67. The summed E-state index contributed by atoms with van der Waals surface area (Å²) in [5.74, 6) is 0.747. The number of carbonyl (C=O) groups is 1. The summed E-state index contributed by atoms with van der Waals surface area (Å²) in [5, 5.41) is 4.42. The maximum Gasteiger partial charge on any atom is 0.255 e. The molecule has 2 aromatic heterocycles. The summed E-state index contributed by atoms with van der Waals surface area (Å²) < 4.78 is 7.58. The Kier molecular flexibility index (Phi) is 6.00. The van der Waals surface area contributed by atoms with Gasteiger partial charge in [0, 0.05) is 31.6 Å². The molecule has 2 aromatic rings. The van der Waals surface area contributed by atoms with Crippen LogP contribution in [0, 0.1) is 13.8 Å². The lowest BCUT2D eigenvalue weighted by Crippen LogP contribution is -2.41. The lowest BCUT2D eigenvalue weighted by molar-refractivity contribution is 0.00844. The number of nitrogens with two attached hydrogens (primary N) is 1. The molecule has 0 aromatic carbocycles. The smallest absolute Gasteiger partial charge is 0.255 e. The molecule has 3 rings (SSSR count). The van der Waals surface area contributed by atoms with Crippen LogP contribution in [-0.4, -0.2) is 57.9 Å². The van der Waals surface area contributed by atoms with Crippen LogP contribution in [-0.2, 0) is 4.74 Å². The van der Waals surface area contributed by atoms with Crippen molar-refractivity contribution in [2.24, 2.45) is 5.73 Å². The Morgan fingerprint density at radius 3 is 2.65 bits per heavy atom. The summed E-state index contributed by atoms with van der Waals surface area (Å²) in [6.45, 7) is 6.71. The molecule has 7 heteroatoms. The van der Waals surface area contributed by atoms with E-state index in [1.807, 2.05) is 36.9 Å². The lowest BCUT2D eigenvalue weighted by atomic mass is 10.1. The monoisotopic (exact) mass is 357 g/mol. The zero-order valence-electron chi connectivity index (χ0n) is 15.5. The Bertz CT molecular complexity index is 733. The first kappa shape index (κ1) is 18.5. The van der Waals surface area contributed by atoms with Crippen LogP contribution >= 0.6 is 0 Å². The fourth-order valence-corrected chi connectivity index (χ4v) is 3.24. The van der Waals surface area contributed by atoms with Gasteiger partial charge in [-0.15, -0.1) is 0 Å². The minimum Gasteiger partial charge on any atom is -0.378 e. The van der Waals surface area contributed by atoms with Crippen LogP contribution in [0.2, 0.25) is 0 Å². The first-order valence-electron chi connectivity index (χ1n) is 9.19. The molecule has 1 aliphatic rings. The van der Waals surface area contributed by atoms with Crippen molar-refractivity contribution in [3.63, 3.8) is 0 Å². The first-order valence-corrected chi connectivity index (χ1v) is 9.19. The molecule has 1 saturated heterocycles. The van der Waals surface area contributed by atoms with E-state index in [4.69, 9.17) is 10.5 Å². The summed E-state index contributed by atoms with van der Waals surface area (Å²) >= 11 is 0. The van der Waals surface area contributed by atoms with Gasteiger partial charge < -0.3 is 15.4 Å². The van der Waals surface area contributed by atoms with Gasteiger partial charge in [-0.2, -0.15) is 5.10 Å². The van der Waals surface area contributed by atoms with Crippen molar-refractivity contribution >= 4 is 5.91 Å². The van der Waals surface area contributed by atoms with E-state index < -0.39 is 0 Å². The van der Waals surface area contributed by atoms with Gasteiger partial charge in [0.05, 0.1) is 17.4 Å². The number of likely N-dealkylation sites (tertiary alicyclic amines) is 1. The Morgan fingerprint density at radius 1 is 1.31 bits per heavy atom. The van der Waals surface area contributed by atoms with Gasteiger partial charge in [-0.25, -0.2) is 9.67 Å². The molecular formula is C19H27N5O2. The minimum atomic E-state index is 0.0258. The Hall–Kier alpha value is -2.25. The second kappa shape index (κ2) is 8.42. The number of hydrogen-bond donors (Lipinski definition) is 1. The number of carbonyl (C=O) groups excluding carboxylic acids is 1. The second-order valence-corrected chi connectivity index (χ2v) is 6.75. The molecule has 0 saturated carbocycles. The van der Waals surface area contributed by atoms with Gasteiger partial charge in [0.25, 0.3) is 5.91 Å². The number of hydrogen-bond acceptors (Lipinski definition) is 5. The van der Waals surface area contributed by atoms with Crippen LogP contribution in [0.1, 0.15) is 41.0 Å². The van der Waals surface area contributed by atoms with Gasteiger partial charge >= 0.3 is 0 Å². The molecule has 1 fully saturated rings. The highest BCUT2D eigenvalue weighted by atomic mass is 16.5. The third kappa shape index (κ3) is 4.28. The van der Waals surface area contributed by atoms with Gasteiger partial charge in [0.1, 0.15) is 0 Å². The van der Waals surface area contributed by atoms with Crippen LogP contribution in [0.5, 0.6) is 0 Å². The molecule has 3 heterocycles. The van der Waals surface area contributed by atoms with Crippen LogP contribution in [0.15, 0.2) is 24.4 Å². The number of aryl methyl sites for hydroxylation is 2. The third-order valence-corrected chi connectivity index (χ3v) is 4.65. The molecule has 140 valence electrons. The molecule has 0 bridgehead atoms. The van der Waals surface area contributed by atoms with Crippen molar-refractivity contribution in [1.29, 1.82) is 0 Å². The average Bonchev–Trinajstić information content (AvgIpc) is 3.00. The molecule has 1 amide bonds. The number of aromatic nitrogens is 3. The summed E-state index contributed by atoms with van der Waals surface area (Å²) in [5.41, 5.74) is 8.06. The predicted octanol–water partition coefficient (Wildman–Crippen LogP) is 1.85. The van der Waals surface area contributed by atoms with Crippen LogP contribution < -0.4 is 5.73 Å². The molecule has 1 aliphatic heterocycles. The van der Waals surface area contributed by atoms with Gasteiger partial charge in [0.2, 0.25) is 0 Å². The molecule has 0 spiro atoms. The van der Waals surface area contributed by atoms with Crippen LogP contribution in [0.25, 0.3) is 5.82 Å². The van der Waals surface area contributed by atoms with E-state index >= 15 is 0 Å². The quantitative estimate of drug-likeness (QED) is 0.798. The summed E-state index contributed by atoms with van der Waals surface area (Å²) in [6.07, 6.45) is 4.49.